The Kier molecular flexibility index (Phi) is 4.19. The highest BCUT2D eigenvalue weighted by Crippen LogP contribution is 2.30. The number of hydrogen-bond acceptors (Lipinski definition) is 2. The van der Waals surface area contributed by atoms with Gasteiger partial charge in [0.15, 0.2) is 0 Å². The van der Waals surface area contributed by atoms with E-state index in [0.29, 0.717) is 19.0 Å². The van der Waals surface area contributed by atoms with Crippen LogP contribution in [0.25, 0.3) is 0 Å². The van der Waals surface area contributed by atoms with Crippen LogP contribution in [-0.4, -0.2) is 37.3 Å². The van der Waals surface area contributed by atoms with E-state index in [-0.39, 0.29) is 6.54 Å². The Labute approximate surface area is 82.2 Å². The van der Waals surface area contributed by atoms with Crippen LogP contribution in [0.4, 0.5) is 13.2 Å². The van der Waals surface area contributed by atoms with Gasteiger partial charge in [-0.1, -0.05) is 0 Å². The van der Waals surface area contributed by atoms with Gasteiger partial charge in [-0.25, -0.2) is 0 Å². The van der Waals surface area contributed by atoms with E-state index < -0.39 is 12.6 Å². The molecule has 0 radical (unpaired) electrons. The van der Waals surface area contributed by atoms with Gasteiger partial charge >= 0.3 is 6.18 Å². The molecule has 2 N–H and O–H groups in total. The van der Waals surface area contributed by atoms with E-state index in [1.54, 1.807) is 0 Å². The number of alkyl halides is 3. The van der Waals surface area contributed by atoms with Gasteiger partial charge in [-0.15, -0.1) is 0 Å². The maximum absolute atomic E-state index is 12.0. The van der Waals surface area contributed by atoms with Gasteiger partial charge < -0.3 is 10.6 Å². The topological polar surface area (TPSA) is 29.3 Å². The van der Waals surface area contributed by atoms with Gasteiger partial charge in [0.1, 0.15) is 0 Å². The van der Waals surface area contributed by atoms with Crippen molar-refractivity contribution in [1.82, 2.24) is 4.90 Å². The minimum absolute atomic E-state index is 0.0944. The number of nitrogens with zero attached hydrogens (tertiary/aromatic N) is 1. The van der Waals surface area contributed by atoms with E-state index >= 15 is 0 Å². The molecule has 1 aliphatic rings. The molecule has 0 unspecified atom stereocenters. The van der Waals surface area contributed by atoms with Crippen LogP contribution in [0.2, 0.25) is 0 Å². The fourth-order valence-corrected chi connectivity index (χ4v) is 1.43. The standard InChI is InChI=1S/C9H17F3N2/c10-9(11,12)3-5-14(6-4-13)7-8-1-2-8/h8H,1-7,13H2. The molecule has 0 spiro atoms. The van der Waals surface area contributed by atoms with Crippen molar-refractivity contribution in [3.63, 3.8) is 0 Å². The summed E-state index contributed by atoms with van der Waals surface area (Å²) < 4.78 is 35.9. The zero-order valence-electron chi connectivity index (χ0n) is 8.19. The smallest absolute Gasteiger partial charge is 0.329 e. The molecule has 84 valence electrons. The second-order valence-corrected chi connectivity index (χ2v) is 3.90. The summed E-state index contributed by atoms with van der Waals surface area (Å²) in [6.07, 6.45) is -2.45. The van der Waals surface area contributed by atoms with Crippen LogP contribution in [0, 0.1) is 5.92 Å². The largest absolute Gasteiger partial charge is 0.390 e. The van der Waals surface area contributed by atoms with E-state index in [1.165, 1.54) is 0 Å². The van der Waals surface area contributed by atoms with E-state index in [9.17, 15) is 13.2 Å². The Morgan fingerprint density at radius 1 is 1.21 bits per heavy atom. The molecule has 0 aliphatic heterocycles. The molecule has 1 fully saturated rings. The fourth-order valence-electron chi connectivity index (χ4n) is 1.43. The molecule has 0 heterocycles. The predicted octanol–water partition coefficient (Wildman–Crippen LogP) is 1.61. The average Bonchev–Trinajstić information content (AvgIpc) is 2.83. The third kappa shape index (κ3) is 5.44. The predicted molar refractivity (Wildman–Crippen MR) is 48.9 cm³/mol. The van der Waals surface area contributed by atoms with Crippen LogP contribution in [0.3, 0.4) is 0 Å². The van der Waals surface area contributed by atoms with Crippen molar-refractivity contribution in [3.05, 3.63) is 0 Å². The average molecular weight is 210 g/mol. The summed E-state index contributed by atoms with van der Waals surface area (Å²) in [6, 6.07) is 0. The Bertz CT molecular complexity index is 166. The molecular formula is C9H17F3N2. The third-order valence-electron chi connectivity index (χ3n) is 2.37. The maximum atomic E-state index is 12.0. The molecule has 0 bridgehead atoms. The van der Waals surface area contributed by atoms with Crippen molar-refractivity contribution >= 4 is 0 Å². The van der Waals surface area contributed by atoms with Crippen LogP contribution in [0.5, 0.6) is 0 Å². The van der Waals surface area contributed by atoms with Gasteiger partial charge in [0.25, 0.3) is 0 Å². The molecule has 0 saturated heterocycles. The summed E-state index contributed by atoms with van der Waals surface area (Å²) in [5, 5.41) is 0. The zero-order valence-corrected chi connectivity index (χ0v) is 8.19. The Morgan fingerprint density at radius 3 is 2.29 bits per heavy atom. The van der Waals surface area contributed by atoms with Gasteiger partial charge in [0, 0.05) is 26.2 Å². The number of nitrogens with two attached hydrogens (primary N) is 1. The quantitative estimate of drug-likeness (QED) is 0.721. The van der Waals surface area contributed by atoms with Crippen molar-refractivity contribution in [3.8, 4) is 0 Å². The van der Waals surface area contributed by atoms with E-state index in [4.69, 9.17) is 5.73 Å². The van der Waals surface area contributed by atoms with Crippen molar-refractivity contribution in [1.29, 1.82) is 0 Å². The zero-order chi connectivity index (χ0) is 10.6. The summed E-state index contributed by atoms with van der Waals surface area (Å²) in [7, 11) is 0. The van der Waals surface area contributed by atoms with Crippen molar-refractivity contribution < 1.29 is 13.2 Å². The van der Waals surface area contributed by atoms with Crippen LogP contribution < -0.4 is 5.73 Å². The second-order valence-electron chi connectivity index (χ2n) is 3.90. The Hall–Kier alpha value is -0.290. The first-order valence-electron chi connectivity index (χ1n) is 5.00. The minimum atomic E-state index is -4.05. The van der Waals surface area contributed by atoms with Crippen LogP contribution in [0.1, 0.15) is 19.3 Å². The lowest BCUT2D eigenvalue weighted by Crippen LogP contribution is -2.34. The lowest BCUT2D eigenvalue weighted by molar-refractivity contribution is -0.138. The van der Waals surface area contributed by atoms with Crippen LogP contribution >= 0.6 is 0 Å². The second kappa shape index (κ2) is 4.98. The summed E-state index contributed by atoms with van der Waals surface area (Å²) >= 11 is 0. The van der Waals surface area contributed by atoms with Crippen molar-refractivity contribution in [2.45, 2.75) is 25.4 Å². The van der Waals surface area contributed by atoms with Crippen molar-refractivity contribution in [2.75, 3.05) is 26.2 Å². The Balaban J connectivity index is 2.19. The molecule has 0 aromatic carbocycles. The third-order valence-corrected chi connectivity index (χ3v) is 2.37. The van der Waals surface area contributed by atoms with Gasteiger partial charge in [0.05, 0.1) is 6.42 Å². The summed E-state index contributed by atoms with van der Waals surface area (Å²) in [6.45, 7) is 1.89. The molecule has 14 heavy (non-hydrogen) atoms. The first-order valence-corrected chi connectivity index (χ1v) is 5.00. The molecule has 1 aliphatic carbocycles. The summed E-state index contributed by atoms with van der Waals surface area (Å²) in [5.74, 6) is 0.620. The summed E-state index contributed by atoms with van der Waals surface area (Å²) in [5.41, 5.74) is 5.34. The van der Waals surface area contributed by atoms with E-state index in [2.05, 4.69) is 0 Å². The molecule has 1 rings (SSSR count). The minimum Gasteiger partial charge on any atom is -0.329 e. The molecule has 0 atom stereocenters. The van der Waals surface area contributed by atoms with Gasteiger partial charge in [0.2, 0.25) is 0 Å². The highest BCUT2D eigenvalue weighted by atomic mass is 19.4. The summed E-state index contributed by atoms with van der Waals surface area (Å²) in [4.78, 5) is 1.82. The normalized spacial score (nSPS) is 17.8. The van der Waals surface area contributed by atoms with Crippen molar-refractivity contribution in [2.24, 2.45) is 11.7 Å². The number of hydrogen-bond donors (Lipinski definition) is 1. The monoisotopic (exact) mass is 210 g/mol. The fraction of sp³-hybridized carbons (Fsp3) is 1.00. The first kappa shape index (κ1) is 11.8. The first-order chi connectivity index (χ1) is 6.51. The van der Waals surface area contributed by atoms with Gasteiger partial charge in [-0.05, 0) is 18.8 Å². The lowest BCUT2D eigenvalue weighted by atomic mass is 10.3. The molecule has 2 nitrogen and oxygen atoms in total. The van der Waals surface area contributed by atoms with E-state index in [1.807, 2.05) is 4.90 Å². The van der Waals surface area contributed by atoms with Gasteiger partial charge in [-0.2, -0.15) is 13.2 Å². The number of halogens is 3. The molecular weight excluding hydrogens is 193 g/mol. The molecule has 0 amide bonds. The van der Waals surface area contributed by atoms with Crippen LogP contribution in [0.15, 0.2) is 0 Å². The maximum Gasteiger partial charge on any atom is 0.390 e. The molecule has 5 heteroatoms. The van der Waals surface area contributed by atoms with Crippen LogP contribution in [-0.2, 0) is 0 Å². The molecule has 0 aromatic rings. The van der Waals surface area contributed by atoms with Gasteiger partial charge in [-0.3, -0.25) is 0 Å². The molecule has 0 aromatic heterocycles. The Morgan fingerprint density at radius 2 is 1.86 bits per heavy atom. The lowest BCUT2D eigenvalue weighted by Gasteiger charge is -2.21. The van der Waals surface area contributed by atoms with E-state index in [0.717, 1.165) is 19.4 Å². The highest BCUT2D eigenvalue weighted by Gasteiger charge is 2.29. The SMILES string of the molecule is NCCN(CCC(F)(F)F)CC1CC1. The highest BCUT2D eigenvalue weighted by molar-refractivity contribution is 4.77. The number of rotatable bonds is 6. The molecule has 1 saturated carbocycles.